The van der Waals surface area contributed by atoms with Crippen LogP contribution >= 0.6 is 0 Å². The van der Waals surface area contributed by atoms with Crippen LogP contribution in [0.25, 0.3) is 0 Å². The maximum atomic E-state index is 11.4. The smallest absolute Gasteiger partial charge is 0.310 e. The Morgan fingerprint density at radius 2 is 2.43 bits per heavy atom. The summed E-state index contributed by atoms with van der Waals surface area (Å²) in [7, 11) is 1.45. The normalized spacial score (nSPS) is 41.0. The van der Waals surface area contributed by atoms with E-state index in [1.165, 1.54) is 7.11 Å². The summed E-state index contributed by atoms with van der Waals surface area (Å²) in [6.45, 7) is 2.00. The third-order valence-corrected chi connectivity index (χ3v) is 3.59. The van der Waals surface area contributed by atoms with Gasteiger partial charge >= 0.3 is 5.97 Å². The maximum Gasteiger partial charge on any atom is 0.310 e. The van der Waals surface area contributed by atoms with E-state index in [2.05, 4.69) is 4.90 Å². The fourth-order valence-corrected chi connectivity index (χ4v) is 2.75. The van der Waals surface area contributed by atoms with Crippen molar-refractivity contribution >= 4 is 5.97 Å². The van der Waals surface area contributed by atoms with Gasteiger partial charge in [0.1, 0.15) is 0 Å². The van der Waals surface area contributed by atoms with Crippen LogP contribution < -0.4 is 0 Å². The van der Waals surface area contributed by atoms with Crippen LogP contribution in [0.2, 0.25) is 0 Å². The molecule has 0 aromatic carbocycles. The number of esters is 1. The molecular weight excluding hydrogens is 182 g/mol. The van der Waals surface area contributed by atoms with Gasteiger partial charge in [0.05, 0.1) is 19.6 Å². The fraction of sp³-hybridized carbons (Fsp3) is 0.900. The second kappa shape index (κ2) is 3.87. The molecule has 0 aromatic heterocycles. The number of ether oxygens (including phenoxy) is 1. The van der Waals surface area contributed by atoms with E-state index < -0.39 is 0 Å². The van der Waals surface area contributed by atoms with Gasteiger partial charge in [-0.05, 0) is 25.3 Å². The van der Waals surface area contributed by atoms with E-state index in [9.17, 15) is 4.79 Å². The Hall–Kier alpha value is -0.610. The van der Waals surface area contributed by atoms with Gasteiger partial charge in [0.2, 0.25) is 0 Å². The van der Waals surface area contributed by atoms with Crippen molar-refractivity contribution in [3.05, 3.63) is 0 Å². The molecule has 0 radical (unpaired) electrons. The van der Waals surface area contributed by atoms with Crippen LogP contribution in [0.4, 0.5) is 0 Å². The molecule has 3 rings (SSSR count). The Balaban J connectivity index is 2.04. The number of methoxy groups -OCH3 is 1. The Kier molecular flexibility index (Phi) is 2.74. The molecule has 0 spiro atoms. The Labute approximate surface area is 83.8 Å². The number of hydrogen-bond acceptors (Lipinski definition) is 4. The van der Waals surface area contributed by atoms with Gasteiger partial charge in [-0.3, -0.25) is 9.69 Å². The summed E-state index contributed by atoms with van der Waals surface area (Å²) in [5, 5.41) is 9.14. The topological polar surface area (TPSA) is 49.8 Å². The minimum Gasteiger partial charge on any atom is -0.469 e. The van der Waals surface area contributed by atoms with Crippen molar-refractivity contribution in [2.75, 3.05) is 26.8 Å². The number of carbonyl (C=O) groups is 1. The van der Waals surface area contributed by atoms with Gasteiger partial charge in [0.15, 0.2) is 0 Å². The van der Waals surface area contributed by atoms with E-state index in [1.54, 1.807) is 0 Å². The van der Waals surface area contributed by atoms with Crippen LogP contribution in [0, 0.1) is 11.8 Å². The molecule has 3 fully saturated rings. The van der Waals surface area contributed by atoms with Gasteiger partial charge in [-0.2, -0.15) is 0 Å². The predicted octanol–water partition coefficient (Wildman–Crippen LogP) is -0.138. The number of rotatable bonds is 2. The molecule has 1 unspecified atom stereocenters. The summed E-state index contributed by atoms with van der Waals surface area (Å²) in [6, 6.07) is 0.273. The van der Waals surface area contributed by atoms with E-state index in [0.29, 0.717) is 5.92 Å². The van der Waals surface area contributed by atoms with Crippen molar-refractivity contribution in [1.29, 1.82) is 0 Å². The highest BCUT2D eigenvalue weighted by Gasteiger charge is 2.43. The van der Waals surface area contributed by atoms with Crippen molar-refractivity contribution in [2.24, 2.45) is 11.8 Å². The Morgan fingerprint density at radius 1 is 1.64 bits per heavy atom. The highest BCUT2D eigenvalue weighted by molar-refractivity contribution is 5.73. The van der Waals surface area contributed by atoms with Gasteiger partial charge in [-0.1, -0.05) is 0 Å². The fourth-order valence-electron chi connectivity index (χ4n) is 2.75. The monoisotopic (exact) mass is 199 g/mol. The van der Waals surface area contributed by atoms with Crippen molar-refractivity contribution < 1.29 is 14.6 Å². The van der Waals surface area contributed by atoms with E-state index >= 15 is 0 Å². The number of hydrogen-bond donors (Lipinski definition) is 1. The predicted molar refractivity (Wildman–Crippen MR) is 50.7 cm³/mol. The number of piperidine rings is 3. The standard InChI is InChI=1S/C10H17NO3/c1-14-10(13)9-5-11-3-2-7(9)4-8(11)6-12/h7-9,12H,2-6H2,1H3/t7-,8+,9-/m0/s1. The molecule has 4 heteroatoms. The van der Waals surface area contributed by atoms with Crippen LogP contribution in [0.3, 0.4) is 0 Å². The lowest BCUT2D eigenvalue weighted by Gasteiger charge is -2.48. The van der Waals surface area contributed by atoms with Gasteiger partial charge < -0.3 is 9.84 Å². The number of aliphatic hydroxyl groups excluding tert-OH is 1. The van der Waals surface area contributed by atoms with Crippen LogP contribution in [0.1, 0.15) is 12.8 Å². The van der Waals surface area contributed by atoms with Gasteiger partial charge in [0.25, 0.3) is 0 Å². The molecular formula is C10H17NO3. The molecule has 3 aliphatic heterocycles. The quantitative estimate of drug-likeness (QED) is 0.629. The summed E-state index contributed by atoms with van der Waals surface area (Å²) in [6.07, 6.45) is 2.01. The SMILES string of the molecule is COC(=O)[C@H]1CN2CC[C@H]1C[C@@H]2CO. The van der Waals surface area contributed by atoms with Gasteiger partial charge in [0, 0.05) is 12.6 Å². The molecule has 0 saturated carbocycles. The van der Waals surface area contributed by atoms with E-state index in [0.717, 1.165) is 25.9 Å². The largest absolute Gasteiger partial charge is 0.469 e. The molecule has 0 amide bonds. The molecule has 3 aliphatic rings. The first-order valence-corrected chi connectivity index (χ1v) is 5.19. The summed E-state index contributed by atoms with van der Waals surface area (Å²) in [5.74, 6) is 0.372. The van der Waals surface area contributed by atoms with Crippen molar-refractivity contribution in [3.63, 3.8) is 0 Å². The third-order valence-electron chi connectivity index (χ3n) is 3.59. The van der Waals surface area contributed by atoms with E-state index in [4.69, 9.17) is 9.84 Å². The summed E-state index contributed by atoms with van der Waals surface area (Å²) < 4.78 is 4.78. The molecule has 0 aliphatic carbocycles. The van der Waals surface area contributed by atoms with E-state index in [-0.39, 0.29) is 24.5 Å². The van der Waals surface area contributed by atoms with Gasteiger partial charge in [-0.25, -0.2) is 0 Å². The Bertz CT molecular complexity index is 231. The van der Waals surface area contributed by atoms with Crippen molar-refractivity contribution in [2.45, 2.75) is 18.9 Å². The third kappa shape index (κ3) is 1.53. The second-order valence-corrected chi connectivity index (χ2v) is 4.25. The van der Waals surface area contributed by atoms with Crippen LogP contribution in [-0.4, -0.2) is 48.8 Å². The lowest BCUT2D eigenvalue weighted by Crippen LogP contribution is -2.56. The zero-order valence-electron chi connectivity index (χ0n) is 8.48. The summed E-state index contributed by atoms with van der Waals surface area (Å²) in [4.78, 5) is 13.7. The van der Waals surface area contributed by atoms with E-state index in [1.807, 2.05) is 0 Å². The number of aliphatic hydroxyl groups is 1. The molecule has 80 valence electrons. The van der Waals surface area contributed by atoms with Gasteiger partial charge in [-0.15, -0.1) is 0 Å². The van der Waals surface area contributed by atoms with Crippen molar-refractivity contribution in [1.82, 2.24) is 4.90 Å². The summed E-state index contributed by atoms with van der Waals surface area (Å²) in [5.41, 5.74) is 0. The number of nitrogens with zero attached hydrogens (tertiary/aromatic N) is 1. The first-order valence-electron chi connectivity index (χ1n) is 5.19. The molecule has 14 heavy (non-hydrogen) atoms. The molecule has 1 N–H and O–H groups in total. The zero-order valence-corrected chi connectivity index (χ0v) is 8.48. The van der Waals surface area contributed by atoms with Crippen LogP contribution in [-0.2, 0) is 9.53 Å². The summed E-state index contributed by atoms with van der Waals surface area (Å²) >= 11 is 0. The second-order valence-electron chi connectivity index (χ2n) is 4.25. The van der Waals surface area contributed by atoms with Crippen LogP contribution in [0.5, 0.6) is 0 Å². The minimum absolute atomic E-state index is 0.0385. The Morgan fingerprint density at radius 3 is 2.93 bits per heavy atom. The molecule has 4 nitrogen and oxygen atoms in total. The lowest BCUT2D eigenvalue weighted by atomic mass is 9.76. The first-order chi connectivity index (χ1) is 6.76. The minimum atomic E-state index is -0.0870. The zero-order chi connectivity index (χ0) is 10.1. The van der Waals surface area contributed by atoms with Crippen molar-refractivity contribution in [3.8, 4) is 0 Å². The number of fused-ring (bicyclic) bond motifs is 3. The highest BCUT2D eigenvalue weighted by Crippen LogP contribution is 2.36. The average molecular weight is 199 g/mol. The molecule has 2 bridgehead atoms. The molecule has 3 heterocycles. The average Bonchev–Trinajstić information content (AvgIpc) is 2.28. The lowest BCUT2D eigenvalue weighted by molar-refractivity contribution is -0.154. The first kappa shape index (κ1) is 9.93. The maximum absolute atomic E-state index is 11.4. The molecule has 4 atom stereocenters. The number of carbonyl (C=O) groups excluding carboxylic acids is 1. The van der Waals surface area contributed by atoms with Crippen LogP contribution in [0.15, 0.2) is 0 Å². The highest BCUT2D eigenvalue weighted by atomic mass is 16.5. The molecule has 0 aromatic rings. The molecule has 3 saturated heterocycles.